The fraction of sp³-hybridized carbons (Fsp3) is 0.267. The van der Waals surface area contributed by atoms with Gasteiger partial charge in [0.2, 0.25) is 0 Å². The highest BCUT2D eigenvalue weighted by molar-refractivity contribution is 5.68. The Hall–Kier alpha value is -2.47. The molecule has 0 aliphatic carbocycles. The summed E-state index contributed by atoms with van der Waals surface area (Å²) >= 11 is 0. The summed E-state index contributed by atoms with van der Waals surface area (Å²) in [5, 5.41) is 8.69. The molecule has 0 radical (unpaired) electrons. The molecule has 1 N–H and O–H groups in total. The van der Waals surface area contributed by atoms with Crippen molar-refractivity contribution in [1.29, 1.82) is 0 Å². The molecule has 0 aliphatic heterocycles. The van der Waals surface area contributed by atoms with Crippen LogP contribution in [0.3, 0.4) is 0 Å². The molecule has 0 fully saturated rings. The molecule has 2 rings (SSSR count). The van der Waals surface area contributed by atoms with Crippen LogP contribution < -0.4 is 4.74 Å². The Bertz CT molecular complexity index is 590. The van der Waals surface area contributed by atoms with E-state index in [0.717, 1.165) is 11.3 Å². The number of hydrogen-bond donors (Lipinski definition) is 1. The Balaban J connectivity index is 2.00. The van der Waals surface area contributed by atoms with E-state index in [-0.39, 0.29) is 6.61 Å². The summed E-state index contributed by atoms with van der Waals surface area (Å²) in [6.07, 6.45) is 5.02. The van der Waals surface area contributed by atoms with E-state index in [2.05, 4.69) is 14.9 Å². The minimum absolute atomic E-state index is 0.342. The van der Waals surface area contributed by atoms with Gasteiger partial charge in [-0.3, -0.25) is 14.9 Å². The number of hydrogen-bond acceptors (Lipinski definition) is 5. The highest BCUT2D eigenvalue weighted by Gasteiger charge is 2.09. The van der Waals surface area contributed by atoms with E-state index in [0.29, 0.717) is 18.8 Å². The number of carboxylic acids is 1. The van der Waals surface area contributed by atoms with E-state index in [1.165, 1.54) is 0 Å². The zero-order valence-electron chi connectivity index (χ0n) is 11.8. The van der Waals surface area contributed by atoms with Crippen molar-refractivity contribution in [2.45, 2.75) is 13.1 Å². The quantitative estimate of drug-likeness (QED) is 0.833. The van der Waals surface area contributed by atoms with Gasteiger partial charge in [-0.2, -0.15) is 0 Å². The van der Waals surface area contributed by atoms with Gasteiger partial charge in [-0.1, -0.05) is 18.2 Å². The van der Waals surface area contributed by atoms with E-state index in [9.17, 15) is 4.79 Å². The molecule has 0 unspecified atom stereocenters. The van der Waals surface area contributed by atoms with Crippen molar-refractivity contribution < 1.29 is 14.6 Å². The van der Waals surface area contributed by atoms with E-state index in [4.69, 9.17) is 9.84 Å². The predicted molar refractivity (Wildman–Crippen MR) is 76.8 cm³/mol. The summed E-state index contributed by atoms with van der Waals surface area (Å²) in [5.74, 6) is -0.399. The molecule has 0 aliphatic rings. The highest BCUT2D eigenvalue weighted by atomic mass is 16.5. The van der Waals surface area contributed by atoms with Crippen LogP contribution in [-0.2, 0) is 17.9 Å². The van der Waals surface area contributed by atoms with Gasteiger partial charge in [0, 0.05) is 37.2 Å². The molecule has 6 heteroatoms. The number of rotatable bonds is 7. The molecule has 0 amide bonds. The van der Waals surface area contributed by atoms with Crippen LogP contribution >= 0.6 is 0 Å². The maximum absolute atomic E-state index is 10.6. The summed E-state index contributed by atoms with van der Waals surface area (Å²) < 4.78 is 5.30. The van der Waals surface area contributed by atoms with Crippen LogP contribution in [0.5, 0.6) is 5.75 Å². The zero-order chi connectivity index (χ0) is 15.1. The molecule has 0 spiro atoms. The highest BCUT2D eigenvalue weighted by Crippen LogP contribution is 2.19. The number of carbonyl (C=O) groups is 1. The fourth-order valence-corrected chi connectivity index (χ4v) is 1.95. The lowest BCUT2D eigenvalue weighted by molar-refractivity contribution is -0.139. The molecule has 0 saturated carbocycles. The van der Waals surface area contributed by atoms with Crippen LogP contribution in [0.4, 0.5) is 0 Å². The Morgan fingerprint density at radius 3 is 2.81 bits per heavy atom. The predicted octanol–water partition coefficient (Wildman–Crippen LogP) is 1.57. The second-order valence-electron chi connectivity index (χ2n) is 4.66. The standard InChI is InChI=1S/C15H17N3O3/c1-18(10-13-8-16-6-7-17-13)9-12-4-2-3-5-14(12)21-11-15(19)20/h2-8H,9-11H2,1H3,(H,19,20). The van der Waals surface area contributed by atoms with Crippen LogP contribution in [0.15, 0.2) is 42.9 Å². The van der Waals surface area contributed by atoms with Gasteiger partial charge < -0.3 is 9.84 Å². The average Bonchev–Trinajstić information content (AvgIpc) is 2.47. The van der Waals surface area contributed by atoms with Crippen molar-refractivity contribution in [1.82, 2.24) is 14.9 Å². The second kappa shape index (κ2) is 7.35. The topological polar surface area (TPSA) is 75.5 Å². The summed E-state index contributed by atoms with van der Waals surface area (Å²) in [7, 11) is 1.96. The van der Waals surface area contributed by atoms with Gasteiger partial charge in [0.1, 0.15) is 5.75 Å². The molecule has 0 bridgehead atoms. The summed E-state index contributed by atoms with van der Waals surface area (Å²) in [6.45, 7) is 0.943. The number of aliphatic carboxylic acids is 1. The Morgan fingerprint density at radius 2 is 2.10 bits per heavy atom. The molecule has 2 aromatic rings. The van der Waals surface area contributed by atoms with Crippen LogP contribution in [0.25, 0.3) is 0 Å². The number of ether oxygens (including phenoxy) is 1. The lowest BCUT2D eigenvalue weighted by Gasteiger charge is -2.18. The molecule has 1 heterocycles. The van der Waals surface area contributed by atoms with Crippen molar-refractivity contribution in [3.05, 3.63) is 54.1 Å². The van der Waals surface area contributed by atoms with E-state index >= 15 is 0 Å². The van der Waals surface area contributed by atoms with Gasteiger partial charge in [-0.15, -0.1) is 0 Å². The summed E-state index contributed by atoms with van der Waals surface area (Å²) in [4.78, 5) is 20.9. The lowest BCUT2D eigenvalue weighted by atomic mass is 10.2. The van der Waals surface area contributed by atoms with Crippen molar-refractivity contribution >= 4 is 5.97 Å². The van der Waals surface area contributed by atoms with Gasteiger partial charge >= 0.3 is 5.97 Å². The third kappa shape index (κ3) is 4.85. The SMILES string of the molecule is CN(Cc1cnccn1)Cc1ccccc1OCC(=O)O. The van der Waals surface area contributed by atoms with Gasteiger partial charge in [-0.05, 0) is 13.1 Å². The molecule has 1 aromatic carbocycles. The van der Waals surface area contributed by atoms with Crippen molar-refractivity contribution in [2.75, 3.05) is 13.7 Å². The monoisotopic (exact) mass is 287 g/mol. The first-order valence-electron chi connectivity index (χ1n) is 6.51. The number of para-hydroxylation sites is 1. The largest absolute Gasteiger partial charge is 0.482 e. The number of benzene rings is 1. The Kier molecular flexibility index (Phi) is 5.22. The molecular formula is C15H17N3O3. The summed E-state index contributed by atoms with van der Waals surface area (Å²) in [5.41, 5.74) is 1.81. The van der Waals surface area contributed by atoms with Crippen molar-refractivity contribution in [2.24, 2.45) is 0 Å². The first-order valence-corrected chi connectivity index (χ1v) is 6.51. The molecule has 1 aromatic heterocycles. The maximum atomic E-state index is 10.6. The van der Waals surface area contributed by atoms with Gasteiger partial charge in [0.15, 0.2) is 6.61 Å². The molecule has 110 valence electrons. The third-order valence-electron chi connectivity index (χ3n) is 2.81. The molecular weight excluding hydrogens is 270 g/mol. The van der Waals surface area contributed by atoms with E-state index in [1.54, 1.807) is 24.7 Å². The number of carboxylic acid groups (broad SMARTS) is 1. The third-order valence-corrected chi connectivity index (χ3v) is 2.81. The molecule has 0 saturated heterocycles. The van der Waals surface area contributed by atoms with Crippen LogP contribution in [0, 0.1) is 0 Å². The van der Waals surface area contributed by atoms with Gasteiger partial charge in [0.05, 0.1) is 5.69 Å². The minimum Gasteiger partial charge on any atom is -0.482 e. The van der Waals surface area contributed by atoms with Crippen LogP contribution in [0.1, 0.15) is 11.3 Å². The minimum atomic E-state index is -0.988. The molecule has 0 atom stereocenters. The van der Waals surface area contributed by atoms with E-state index < -0.39 is 5.97 Å². The van der Waals surface area contributed by atoms with Crippen molar-refractivity contribution in [3.63, 3.8) is 0 Å². The van der Waals surface area contributed by atoms with Crippen LogP contribution in [-0.4, -0.2) is 39.6 Å². The lowest BCUT2D eigenvalue weighted by Crippen LogP contribution is -2.19. The van der Waals surface area contributed by atoms with Gasteiger partial charge in [0.25, 0.3) is 0 Å². The smallest absolute Gasteiger partial charge is 0.341 e. The maximum Gasteiger partial charge on any atom is 0.341 e. The Labute approximate surface area is 123 Å². The Morgan fingerprint density at radius 1 is 1.29 bits per heavy atom. The molecule has 21 heavy (non-hydrogen) atoms. The van der Waals surface area contributed by atoms with E-state index in [1.807, 2.05) is 25.2 Å². The van der Waals surface area contributed by atoms with Crippen LogP contribution in [0.2, 0.25) is 0 Å². The fourth-order valence-electron chi connectivity index (χ4n) is 1.95. The number of nitrogens with zero attached hydrogens (tertiary/aromatic N) is 3. The van der Waals surface area contributed by atoms with Gasteiger partial charge in [-0.25, -0.2) is 4.79 Å². The second-order valence-corrected chi connectivity index (χ2v) is 4.66. The normalized spacial score (nSPS) is 10.6. The zero-order valence-corrected chi connectivity index (χ0v) is 11.8. The average molecular weight is 287 g/mol. The van der Waals surface area contributed by atoms with Crippen molar-refractivity contribution in [3.8, 4) is 5.75 Å². The number of aromatic nitrogens is 2. The molecule has 6 nitrogen and oxygen atoms in total. The first kappa shape index (κ1) is 14.9. The summed E-state index contributed by atoms with van der Waals surface area (Å²) in [6, 6.07) is 7.42. The first-order chi connectivity index (χ1) is 10.1.